The van der Waals surface area contributed by atoms with Crippen LogP contribution in [-0.4, -0.2) is 60.1 Å². The number of amides is 1. The molecule has 0 unspecified atom stereocenters. The van der Waals surface area contributed by atoms with Crippen molar-refractivity contribution in [1.82, 2.24) is 20.9 Å². The number of aromatic nitrogens is 1. The van der Waals surface area contributed by atoms with Crippen LogP contribution in [0.4, 0.5) is 4.79 Å². The van der Waals surface area contributed by atoms with E-state index >= 15 is 0 Å². The third-order valence-electron chi connectivity index (χ3n) is 6.90. The number of carbonyl (C=O) groups is 1. The fourth-order valence-electron chi connectivity index (χ4n) is 4.84. The summed E-state index contributed by atoms with van der Waals surface area (Å²) in [7, 11) is 0. The van der Waals surface area contributed by atoms with E-state index in [0.29, 0.717) is 31.0 Å². The number of β-amino-alcohol motifs (C(OH)–C–C–N with tert-alkyl or cyclic N) is 1. The summed E-state index contributed by atoms with van der Waals surface area (Å²) in [5.74, 6) is 0.721. The van der Waals surface area contributed by atoms with Gasteiger partial charge >= 0.3 is 6.09 Å². The van der Waals surface area contributed by atoms with Crippen LogP contribution in [0.1, 0.15) is 31.2 Å². The molecule has 1 aliphatic carbocycles. The van der Waals surface area contributed by atoms with E-state index in [4.69, 9.17) is 9.15 Å². The number of benzene rings is 1. The molecule has 3 fully saturated rings. The van der Waals surface area contributed by atoms with Crippen LogP contribution in [-0.2, 0) is 11.2 Å². The number of nitrogens with one attached hydrogen (secondary N) is 3. The summed E-state index contributed by atoms with van der Waals surface area (Å²) in [5.41, 5.74) is 2.60. The lowest BCUT2D eigenvalue weighted by molar-refractivity contribution is 0.0189. The van der Waals surface area contributed by atoms with Crippen molar-refractivity contribution in [2.45, 2.75) is 56.4 Å². The molecule has 0 bridgehead atoms. The van der Waals surface area contributed by atoms with Gasteiger partial charge < -0.3 is 30.2 Å². The Balaban J connectivity index is 1.10. The molecular weight excluding hydrogens is 396 g/mol. The summed E-state index contributed by atoms with van der Waals surface area (Å²) in [4.78, 5) is 16.3. The number of aliphatic hydroxyl groups is 1. The molecule has 2 aromatic rings. The quantitative estimate of drug-likeness (QED) is 0.535. The summed E-state index contributed by atoms with van der Waals surface area (Å²) < 4.78 is 10.9. The maximum absolute atomic E-state index is 12.3. The molecular formula is C23H30N4O4. The minimum atomic E-state index is -0.713. The van der Waals surface area contributed by atoms with Gasteiger partial charge in [-0.2, -0.15) is 0 Å². The molecule has 3 heterocycles. The van der Waals surface area contributed by atoms with Crippen LogP contribution in [0.25, 0.3) is 11.3 Å². The lowest BCUT2D eigenvalue weighted by Gasteiger charge is -2.22. The molecule has 166 valence electrons. The van der Waals surface area contributed by atoms with Crippen LogP contribution in [0.2, 0.25) is 0 Å². The number of oxazole rings is 1. The first-order valence-electron chi connectivity index (χ1n) is 11.2. The van der Waals surface area contributed by atoms with Crippen molar-refractivity contribution in [2.24, 2.45) is 5.41 Å². The van der Waals surface area contributed by atoms with Crippen molar-refractivity contribution >= 4 is 6.09 Å². The van der Waals surface area contributed by atoms with Crippen LogP contribution in [0.5, 0.6) is 0 Å². The average molecular weight is 427 g/mol. The van der Waals surface area contributed by atoms with Crippen LogP contribution >= 0.6 is 0 Å². The summed E-state index contributed by atoms with van der Waals surface area (Å²) in [6, 6.07) is 8.34. The van der Waals surface area contributed by atoms with Gasteiger partial charge in [-0.05, 0) is 43.1 Å². The summed E-state index contributed by atoms with van der Waals surface area (Å²) in [6.45, 7) is 2.10. The van der Waals surface area contributed by atoms with Gasteiger partial charge in [-0.3, -0.25) is 0 Å². The fraction of sp³-hybridized carbons (Fsp3) is 0.565. The predicted octanol–water partition coefficient (Wildman–Crippen LogP) is 1.84. The number of hydrogen-bond donors (Lipinski definition) is 4. The molecule has 5 rings (SSSR count). The smallest absolute Gasteiger partial charge is 0.407 e. The van der Waals surface area contributed by atoms with Crippen molar-refractivity contribution in [2.75, 3.05) is 19.6 Å². The van der Waals surface area contributed by atoms with Crippen molar-refractivity contribution in [1.29, 1.82) is 0 Å². The Hall–Kier alpha value is -2.42. The van der Waals surface area contributed by atoms with Crippen LogP contribution in [0.3, 0.4) is 0 Å². The number of rotatable bonds is 7. The maximum atomic E-state index is 12.3. The largest absolute Gasteiger partial charge is 0.444 e. The van der Waals surface area contributed by atoms with Gasteiger partial charge in [0, 0.05) is 31.2 Å². The monoisotopic (exact) mass is 426 g/mol. The zero-order chi connectivity index (χ0) is 21.3. The molecule has 4 atom stereocenters. The number of hydrogen-bond acceptors (Lipinski definition) is 7. The van der Waals surface area contributed by atoms with Gasteiger partial charge in [-0.25, -0.2) is 9.78 Å². The number of aliphatic hydroxyl groups excluding tert-OH is 1. The second kappa shape index (κ2) is 8.61. The van der Waals surface area contributed by atoms with Gasteiger partial charge in [0.1, 0.15) is 12.2 Å². The fourth-order valence-corrected chi connectivity index (χ4v) is 4.84. The molecule has 1 aromatic carbocycles. The minimum absolute atomic E-state index is 0.136. The highest BCUT2D eigenvalue weighted by molar-refractivity contribution is 5.67. The molecule has 0 radical (unpaired) electrons. The van der Waals surface area contributed by atoms with E-state index in [9.17, 15) is 9.90 Å². The normalized spacial score (nSPS) is 28.7. The molecule has 1 saturated carbocycles. The first-order valence-corrected chi connectivity index (χ1v) is 11.2. The molecule has 4 N–H and O–H groups in total. The summed E-state index contributed by atoms with van der Waals surface area (Å²) >= 11 is 0. The lowest BCUT2D eigenvalue weighted by atomic mass is 10.00. The predicted molar refractivity (Wildman–Crippen MR) is 114 cm³/mol. The van der Waals surface area contributed by atoms with Gasteiger partial charge in [-0.1, -0.05) is 24.3 Å². The third kappa shape index (κ3) is 4.76. The Morgan fingerprint density at radius 1 is 1.29 bits per heavy atom. The number of carbonyl (C=O) groups excluding carboxylic acids is 1. The van der Waals surface area contributed by atoms with Crippen molar-refractivity contribution in [3.8, 4) is 11.3 Å². The molecule has 2 saturated heterocycles. The van der Waals surface area contributed by atoms with E-state index in [1.54, 1.807) is 6.20 Å². The third-order valence-corrected chi connectivity index (χ3v) is 6.90. The van der Waals surface area contributed by atoms with E-state index in [1.165, 1.54) is 25.7 Å². The molecule has 1 aromatic heterocycles. The van der Waals surface area contributed by atoms with Crippen LogP contribution < -0.4 is 16.0 Å². The highest BCUT2D eigenvalue weighted by atomic mass is 16.6. The van der Waals surface area contributed by atoms with E-state index < -0.39 is 18.3 Å². The Bertz CT molecular complexity index is 881. The highest BCUT2D eigenvalue weighted by Gasteiger charge is 2.47. The molecule has 1 amide bonds. The standard InChI is InChI=1S/C23H30N4O4/c28-19-11-26-18(9-15-1-3-16(4-2-15)20-12-24-14-30-20)21(19)31-22(29)25-8-5-17-10-23(6-7-23)13-27-17/h1-4,12,14,17-19,21,26-28H,5-11,13H2,(H,25,29)/t17-,18+,19-,21-/m0/s1. The lowest BCUT2D eigenvalue weighted by Crippen LogP contribution is -2.42. The zero-order valence-electron chi connectivity index (χ0n) is 17.5. The SMILES string of the molecule is O=C(NCC[C@H]1CC2(CC2)CN1)O[C@@H]1[C@@H](O)CN[C@@H]1Cc1ccc(-c2cnco2)cc1. The van der Waals surface area contributed by atoms with Crippen molar-refractivity contribution in [3.05, 3.63) is 42.4 Å². The van der Waals surface area contributed by atoms with Crippen LogP contribution in [0, 0.1) is 5.41 Å². The second-order valence-corrected chi connectivity index (χ2v) is 9.22. The molecule has 8 heteroatoms. The molecule has 2 aliphatic heterocycles. The number of nitrogens with zero attached hydrogens (tertiary/aromatic N) is 1. The van der Waals surface area contributed by atoms with E-state index in [0.717, 1.165) is 29.9 Å². The molecule has 31 heavy (non-hydrogen) atoms. The molecule has 1 spiro atoms. The zero-order valence-corrected chi connectivity index (χ0v) is 17.5. The van der Waals surface area contributed by atoms with Crippen molar-refractivity contribution < 1.29 is 19.1 Å². The number of alkyl carbamates (subject to hydrolysis) is 1. The van der Waals surface area contributed by atoms with E-state index in [2.05, 4.69) is 20.9 Å². The second-order valence-electron chi connectivity index (χ2n) is 9.22. The average Bonchev–Trinajstić information content (AvgIpc) is 3.11. The van der Waals surface area contributed by atoms with E-state index in [1.807, 2.05) is 24.3 Å². The van der Waals surface area contributed by atoms with Gasteiger partial charge in [0.05, 0.1) is 12.2 Å². The maximum Gasteiger partial charge on any atom is 0.407 e. The summed E-state index contributed by atoms with van der Waals surface area (Å²) in [6.07, 6.45) is 6.79. The minimum Gasteiger partial charge on any atom is -0.444 e. The summed E-state index contributed by atoms with van der Waals surface area (Å²) in [5, 5.41) is 20.0. The Labute approximate surface area is 181 Å². The Kier molecular flexibility index (Phi) is 5.69. The number of ether oxygens (including phenoxy) is 1. The van der Waals surface area contributed by atoms with Gasteiger partial charge in [0.15, 0.2) is 12.2 Å². The van der Waals surface area contributed by atoms with Crippen LogP contribution in [0.15, 0.2) is 41.3 Å². The first kappa shape index (κ1) is 20.5. The van der Waals surface area contributed by atoms with Crippen molar-refractivity contribution in [3.63, 3.8) is 0 Å². The molecule has 8 nitrogen and oxygen atoms in total. The topological polar surface area (TPSA) is 109 Å². The first-order chi connectivity index (χ1) is 15.1. The Morgan fingerprint density at radius 3 is 2.84 bits per heavy atom. The molecule has 3 aliphatic rings. The van der Waals surface area contributed by atoms with Gasteiger partial charge in [0.2, 0.25) is 0 Å². The van der Waals surface area contributed by atoms with Gasteiger partial charge in [0.25, 0.3) is 0 Å². The Morgan fingerprint density at radius 2 is 2.13 bits per heavy atom. The highest BCUT2D eigenvalue weighted by Crippen LogP contribution is 2.52. The van der Waals surface area contributed by atoms with Gasteiger partial charge in [-0.15, -0.1) is 0 Å². The van der Waals surface area contributed by atoms with E-state index in [-0.39, 0.29) is 6.04 Å².